The number of carbonyl (C=O) groups is 1. The van der Waals surface area contributed by atoms with E-state index in [2.05, 4.69) is 5.32 Å². The third-order valence-corrected chi connectivity index (χ3v) is 3.70. The molecule has 0 saturated carbocycles. The first-order valence-corrected chi connectivity index (χ1v) is 8.03. The minimum absolute atomic E-state index is 0.154. The van der Waals surface area contributed by atoms with Gasteiger partial charge < -0.3 is 21.5 Å². The molecule has 26 heavy (non-hydrogen) atoms. The number of hydrogen-bond donors (Lipinski definition) is 3. The van der Waals surface area contributed by atoms with Crippen molar-refractivity contribution in [2.45, 2.75) is 19.9 Å². The third-order valence-electron chi connectivity index (χ3n) is 3.70. The lowest BCUT2D eigenvalue weighted by Gasteiger charge is -2.19. The van der Waals surface area contributed by atoms with E-state index in [1.165, 1.54) is 0 Å². The van der Waals surface area contributed by atoms with Crippen LogP contribution in [0.15, 0.2) is 53.7 Å². The summed E-state index contributed by atoms with van der Waals surface area (Å²) in [7, 11) is 0. The highest BCUT2D eigenvalue weighted by molar-refractivity contribution is 5.91. The first kappa shape index (κ1) is 19.4. The normalized spacial score (nSPS) is 13.0. The Labute approximate surface area is 150 Å². The van der Waals surface area contributed by atoms with Crippen LogP contribution >= 0.6 is 0 Å². The SMILES string of the molecule is CCOC(=O)/C(=C(\C)Nc1cc(F)cc(F)c1)C(N)c1ccc(N)cc1. The molecule has 2 aromatic carbocycles. The van der Waals surface area contributed by atoms with Crippen LogP contribution in [0.2, 0.25) is 0 Å². The van der Waals surface area contributed by atoms with Crippen molar-refractivity contribution in [3.63, 3.8) is 0 Å². The zero-order chi connectivity index (χ0) is 19.3. The third kappa shape index (κ3) is 4.80. The van der Waals surface area contributed by atoms with Gasteiger partial charge in [-0.15, -0.1) is 0 Å². The fourth-order valence-electron chi connectivity index (χ4n) is 2.50. The van der Waals surface area contributed by atoms with Gasteiger partial charge in [0.15, 0.2) is 0 Å². The van der Waals surface area contributed by atoms with E-state index in [1.807, 2.05) is 0 Å². The summed E-state index contributed by atoms with van der Waals surface area (Å²) in [6, 6.07) is 8.93. The Morgan fingerprint density at radius 3 is 2.27 bits per heavy atom. The van der Waals surface area contributed by atoms with Crippen molar-refractivity contribution in [2.24, 2.45) is 5.73 Å². The van der Waals surface area contributed by atoms with Gasteiger partial charge in [-0.2, -0.15) is 0 Å². The molecule has 0 aliphatic rings. The van der Waals surface area contributed by atoms with Gasteiger partial charge in [0, 0.05) is 23.1 Å². The smallest absolute Gasteiger partial charge is 0.337 e. The monoisotopic (exact) mass is 361 g/mol. The maximum atomic E-state index is 13.4. The van der Waals surface area contributed by atoms with Crippen LogP contribution in [-0.2, 0) is 9.53 Å². The van der Waals surface area contributed by atoms with Gasteiger partial charge in [-0.05, 0) is 43.7 Å². The molecule has 0 radical (unpaired) electrons. The Balaban J connectivity index is 2.42. The highest BCUT2D eigenvalue weighted by Gasteiger charge is 2.23. The van der Waals surface area contributed by atoms with Gasteiger partial charge in [0.1, 0.15) is 11.6 Å². The number of nitrogens with two attached hydrogens (primary N) is 2. The lowest BCUT2D eigenvalue weighted by atomic mass is 9.97. The quantitative estimate of drug-likeness (QED) is 0.416. The summed E-state index contributed by atoms with van der Waals surface area (Å²) < 4.78 is 31.9. The van der Waals surface area contributed by atoms with E-state index < -0.39 is 23.6 Å². The summed E-state index contributed by atoms with van der Waals surface area (Å²) in [6.07, 6.45) is 0. The van der Waals surface area contributed by atoms with E-state index in [1.54, 1.807) is 38.1 Å². The Hall–Kier alpha value is -2.93. The Bertz CT molecular complexity index is 800. The predicted octanol–water partition coefficient (Wildman–Crippen LogP) is 3.50. The summed E-state index contributed by atoms with van der Waals surface area (Å²) in [6.45, 7) is 3.43. The van der Waals surface area contributed by atoms with Crippen LogP contribution in [0.5, 0.6) is 0 Å². The maximum Gasteiger partial charge on any atom is 0.337 e. The second-order valence-electron chi connectivity index (χ2n) is 5.69. The molecule has 0 saturated heterocycles. The van der Waals surface area contributed by atoms with E-state index >= 15 is 0 Å². The largest absolute Gasteiger partial charge is 0.463 e. The van der Waals surface area contributed by atoms with E-state index in [0.29, 0.717) is 16.9 Å². The molecular formula is C19H21F2N3O2. The molecule has 0 bridgehead atoms. The number of allylic oxidation sites excluding steroid dienone is 1. The molecule has 0 amide bonds. The summed E-state index contributed by atoms with van der Waals surface area (Å²) in [4.78, 5) is 12.4. The number of carbonyl (C=O) groups excluding carboxylic acids is 1. The molecule has 7 heteroatoms. The van der Waals surface area contributed by atoms with Crippen LogP contribution < -0.4 is 16.8 Å². The molecule has 0 aromatic heterocycles. The molecule has 0 spiro atoms. The van der Waals surface area contributed by atoms with Crippen LogP contribution in [0.25, 0.3) is 0 Å². The van der Waals surface area contributed by atoms with Crippen LogP contribution in [0.3, 0.4) is 0 Å². The van der Waals surface area contributed by atoms with Crippen molar-refractivity contribution >= 4 is 17.3 Å². The number of anilines is 2. The number of benzene rings is 2. The molecule has 138 valence electrons. The average molecular weight is 361 g/mol. The molecule has 5 N–H and O–H groups in total. The number of nitrogens with one attached hydrogen (secondary N) is 1. The van der Waals surface area contributed by atoms with E-state index in [-0.39, 0.29) is 17.9 Å². The minimum Gasteiger partial charge on any atom is -0.463 e. The zero-order valence-corrected chi connectivity index (χ0v) is 14.6. The summed E-state index contributed by atoms with van der Waals surface area (Å²) in [5.74, 6) is -2.08. The van der Waals surface area contributed by atoms with Gasteiger partial charge in [-0.3, -0.25) is 0 Å². The Morgan fingerprint density at radius 2 is 1.73 bits per heavy atom. The van der Waals surface area contributed by atoms with Gasteiger partial charge in [0.05, 0.1) is 18.2 Å². The van der Waals surface area contributed by atoms with Crippen LogP contribution in [0, 0.1) is 11.6 Å². The number of nitrogen functional groups attached to an aromatic ring is 1. The topological polar surface area (TPSA) is 90.4 Å². The average Bonchev–Trinajstić information content (AvgIpc) is 2.54. The Kier molecular flexibility index (Phi) is 6.30. The van der Waals surface area contributed by atoms with Crippen LogP contribution in [-0.4, -0.2) is 12.6 Å². The lowest BCUT2D eigenvalue weighted by molar-refractivity contribution is -0.138. The van der Waals surface area contributed by atoms with E-state index in [9.17, 15) is 13.6 Å². The van der Waals surface area contributed by atoms with Gasteiger partial charge in [0.25, 0.3) is 0 Å². The van der Waals surface area contributed by atoms with Crippen molar-refractivity contribution in [2.75, 3.05) is 17.7 Å². The molecule has 1 unspecified atom stereocenters. The molecule has 0 aliphatic heterocycles. The van der Waals surface area contributed by atoms with Crippen molar-refractivity contribution in [1.82, 2.24) is 0 Å². The Morgan fingerprint density at radius 1 is 1.15 bits per heavy atom. The molecular weight excluding hydrogens is 340 g/mol. The number of halogens is 2. The second kappa shape index (κ2) is 8.44. The maximum absolute atomic E-state index is 13.4. The van der Waals surface area contributed by atoms with Crippen molar-refractivity contribution in [3.8, 4) is 0 Å². The highest BCUT2D eigenvalue weighted by Crippen LogP contribution is 2.25. The standard InChI is InChI=1S/C19H21F2N3O2/c1-3-26-19(25)17(18(23)12-4-6-15(22)7-5-12)11(2)24-16-9-13(20)8-14(21)10-16/h4-10,18,24H,3,22-23H2,1-2H3/b17-11+. The van der Waals surface area contributed by atoms with E-state index in [0.717, 1.165) is 18.2 Å². The zero-order valence-electron chi connectivity index (χ0n) is 14.6. The first-order chi connectivity index (χ1) is 12.3. The second-order valence-corrected chi connectivity index (χ2v) is 5.69. The molecule has 1 atom stereocenters. The van der Waals surface area contributed by atoms with Crippen molar-refractivity contribution in [3.05, 3.63) is 70.9 Å². The molecule has 0 aliphatic carbocycles. The van der Waals surface area contributed by atoms with Crippen molar-refractivity contribution < 1.29 is 18.3 Å². The van der Waals surface area contributed by atoms with E-state index in [4.69, 9.17) is 16.2 Å². The number of ether oxygens (including phenoxy) is 1. The van der Waals surface area contributed by atoms with Gasteiger partial charge in [-0.25, -0.2) is 13.6 Å². The summed E-state index contributed by atoms with van der Waals surface area (Å²) in [5, 5.41) is 2.82. The molecule has 2 aromatic rings. The van der Waals surface area contributed by atoms with Gasteiger partial charge in [0.2, 0.25) is 0 Å². The highest BCUT2D eigenvalue weighted by atomic mass is 19.1. The van der Waals surface area contributed by atoms with Gasteiger partial charge >= 0.3 is 5.97 Å². The summed E-state index contributed by atoms with van der Waals surface area (Å²) in [5.41, 5.74) is 13.8. The van der Waals surface area contributed by atoms with Crippen molar-refractivity contribution in [1.29, 1.82) is 0 Å². The fraction of sp³-hybridized carbons (Fsp3) is 0.211. The van der Waals surface area contributed by atoms with Crippen LogP contribution in [0.1, 0.15) is 25.5 Å². The molecule has 0 fully saturated rings. The minimum atomic E-state index is -0.805. The number of hydrogen-bond acceptors (Lipinski definition) is 5. The molecule has 5 nitrogen and oxygen atoms in total. The summed E-state index contributed by atoms with van der Waals surface area (Å²) >= 11 is 0. The fourth-order valence-corrected chi connectivity index (χ4v) is 2.50. The number of rotatable bonds is 6. The van der Waals surface area contributed by atoms with Gasteiger partial charge in [-0.1, -0.05) is 12.1 Å². The molecule has 2 rings (SSSR count). The lowest BCUT2D eigenvalue weighted by Crippen LogP contribution is -2.24. The molecule has 0 heterocycles. The van der Waals surface area contributed by atoms with Crippen LogP contribution in [0.4, 0.5) is 20.2 Å². The first-order valence-electron chi connectivity index (χ1n) is 8.03. The number of esters is 1. The predicted molar refractivity (Wildman–Crippen MR) is 97.1 cm³/mol.